The maximum Gasteiger partial charge on any atom is 0.258 e. The number of aromatic amines is 1. The molecule has 168 valence electrons. The Morgan fingerprint density at radius 2 is 1.91 bits per heavy atom. The molecule has 1 saturated heterocycles. The molecule has 10 nitrogen and oxygen atoms in total. The lowest BCUT2D eigenvalue weighted by atomic mass is 9.91. The molecular formula is C22H25N5O5. The summed E-state index contributed by atoms with van der Waals surface area (Å²) >= 11 is 0. The average molecular weight is 439 g/mol. The minimum Gasteiger partial charge on any atom is -0.454 e. The van der Waals surface area contributed by atoms with Crippen molar-refractivity contribution in [2.75, 3.05) is 35.4 Å². The van der Waals surface area contributed by atoms with Crippen molar-refractivity contribution in [2.24, 2.45) is 11.8 Å². The van der Waals surface area contributed by atoms with Gasteiger partial charge in [0.15, 0.2) is 11.5 Å². The van der Waals surface area contributed by atoms with Gasteiger partial charge in [-0.3, -0.25) is 19.4 Å². The Bertz CT molecular complexity index is 1140. The zero-order valence-corrected chi connectivity index (χ0v) is 17.9. The van der Waals surface area contributed by atoms with E-state index in [1.807, 2.05) is 4.90 Å². The van der Waals surface area contributed by atoms with Crippen molar-refractivity contribution >= 4 is 29.3 Å². The van der Waals surface area contributed by atoms with Gasteiger partial charge in [-0.25, -0.2) is 0 Å². The van der Waals surface area contributed by atoms with Crippen molar-refractivity contribution in [3.8, 4) is 11.5 Å². The molecule has 3 aliphatic heterocycles. The predicted octanol–water partition coefficient (Wildman–Crippen LogP) is 2.05. The molecule has 3 aliphatic rings. The fourth-order valence-corrected chi connectivity index (χ4v) is 4.77. The maximum atomic E-state index is 13.0. The second-order valence-corrected chi connectivity index (χ2v) is 8.87. The Hall–Kier alpha value is -3.56. The third-order valence-corrected chi connectivity index (χ3v) is 6.06. The molecule has 32 heavy (non-hydrogen) atoms. The summed E-state index contributed by atoms with van der Waals surface area (Å²) in [4.78, 5) is 47.8. The van der Waals surface area contributed by atoms with E-state index in [-0.39, 0.29) is 30.5 Å². The summed E-state index contributed by atoms with van der Waals surface area (Å²) in [5.74, 6) is 0.867. The van der Waals surface area contributed by atoms with Gasteiger partial charge < -0.3 is 25.0 Å². The Balaban J connectivity index is 1.43. The molecule has 5 rings (SSSR count). The van der Waals surface area contributed by atoms with Gasteiger partial charge in [0.05, 0.1) is 11.5 Å². The van der Waals surface area contributed by atoms with Crippen LogP contribution in [0.15, 0.2) is 23.0 Å². The summed E-state index contributed by atoms with van der Waals surface area (Å²) in [6.07, 6.45) is 0.982. The first-order valence-corrected chi connectivity index (χ1v) is 10.8. The largest absolute Gasteiger partial charge is 0.454 e. The molecule has 3 unspecified atom stereocenters. The van der Waals surface area contributed by atoms with Gasteiger partial charge >= 0.3 is 0 Å². The number of carbonyl (C=O) groups excluding carboxylic acids is 2. The van der Waals surface area contributed by atoms with Gasteiger partial charge in [0.25, 0.3) is 5.56 Å². The molecule has 1 fully saturated rings. The first kappa shape index (κ1) is 20.3. The number of carbonyl (C=O) groups is 2. The van der Waals surface area contributed by atoms with Crippen LogP contribution in [-0.2, 0) is 9.59 Å². The minimum absolute atomic E-state index is 0.126. The van der Waals surface area contributed by atoms with E-state index in [0.717, 1.165) is 19.5 Å². The predicted molar refractivity (Wildman–Crippen MR) is 117 cm³/mol. The first-order valence-electron chi connectivity index (χ1n) is 10.8. The van der Waals surface area contributed by atoms with Crippen LogP contribution in [0.1, 0.15) is 38.2 Å². The molecule has 3 atom stereocenters. The number of hydrogen-bond donors (Lipinski definition) is 3. The van der Waals surface area contributed by atoms with Crippen LogP contribution < -0.4 is 30.6 Å². The summed E-state index contributed by atoms with van der Waals surface area (Å²) < 4.78 is 10.6. The first-order chi connectivity index (χ1) is 15.4. The van der Waals surface area contributed by atoms with Crippen LogP contribution in [0.5, 0.6) is 11.5 Å². The molecule has 4 heterocycles. The highest BCUT2D eigenvalue weighted by Gasteiger charge is 2.36. The van der Waals surface area contributed by atoms with E-state index in [2.05, 4.69) is 34.4 Å². The number of hydrogen-bond acceptors (Lipinski definition) is 7. The summed E-state index contributed by atoms with van der Waals surface area (Å²) in [7, 11) is 0. The summed E-state index contributed by atoms with van der Waals surface area (Å²) in [5, 5.41) is 5.45. The monoisotopic (exact) mass is 439 g/mol. The lowest BCUT2D eigenvalue weighted by Crippen LogP contribution is -2.42. The second-order valence-electron chi connectivity index (χ2n) is 8.87. The Morgan fingerprint density at radius 3 is 2.69 bits per heavy atom. The summed E-state index contributed by atoms with van der Waals surface area (Å²) in [6.45, 7) is 6.00. The van der Waals surface area contributed by atoms with Crippen LogP contribution >= 0.6 is 0 Å². The van der Waals surface area contributed by atoms with E-state index in [0.29, 0.717) is 35.0 Å². The number of amides is 2. The number of piperidine rings is 1. The number of nitrogens with zero attached hydrogens (tertiary/aromatic N) is 2. The molecule has 3 N–H and O–H groups in total. The van der Waals surface area contributed by atoms with Crippen LogP contribution in [0, 0.1) is 11.8 Å². The number of aromatic nitrogens is 2. The van der Waals surface area contributed by atoms with E-state index < -0.39 is 17.4 Å². The van der Waals surface area contributed by atoms with Gasteiger partial charge in [0, 0.05) is 31.3 Å². The van der Waals surface area contributed by atoms with Gasteiger partial charge in [-0.15, -0.1) is 0 Å². The number of benzene rings is 1. The summed E-state index contributed by atoms with van der Waals surface area (Å²) in [6, 6.07) is 5.02. The lowest BCUT2D eigenvalue weighted by molar-refractivity contribution is -0.123. The van der Waals surface area contributed by atoms with Crippen molar-refractivity contribution in [1.29, 1.82) is 0 Å². The van der Waals surface area contributed by atoms with E-state index in [1.165, 1.54) is 0 Å². The number of rotatable bonds is 3. The fraction of sp³-hybridized carbons (Fsp3) is 0.455. The number of anilines is 3. The second kappa shape index (κ2) is 7.85. The third-order valence-electron chi connectivity index (χ3n) is 6.06. The van der Waals surface area contributed by atoms with Crippen molar-refractivity contribution < 1.29 is 19.1 Å². The van der Waals surface area contributed by atoms with Crippen molar-refractivity contribution in [3.05, 3.63) is 34.1 Å². The van der Waals surface area contributed by atoms with E-state index in [4.69, 9.17) is 9.47 Å². The Kier molecular flexibility index (Phi) is 4.99. The van der Waals surface area contributed by atoms with Crippen molar-refractivity contribution in [1.82, 2.24) is 9.97 Å². The molecular weight excluding hydrogens is 414 g/mol. The third kappa shape index (κ3) is 3.76. The highest BCUT2D eigenvalue weighted by Crippen LogP contribution is 2.35. The molecule has 0 bridgehead atoms. The number of fused-ring (bicyclic) bond motifs is 2. The molecule has 0 spiro atoms. The lowest BCUT2D eigenvalue weighted by Gasteiger charge is -2.35. The molecule has 0 radical (unpaired) electrons. The maximum absolute atomic E-state index is 13.0. The standard InChI is InChI=1S/C22H25N5O5/c1-11-5-12(2)9-27(8-11)22-25-19-18(21(30)26-22)14(7-17(28)24-19)20(29)23-13-3-4-15-16(6-13)32-10-31-15/h3-4,6,11-12,14H,5,7-10H2,1-2H3,(H,23,29)(H2,24,25,26,28,30). The van der Waals surface area contributed by atoms with E-state index in [9.17, 15) is 14.4 Å². The zero-order valence-electron chi connectivity index (χ0n) is 17.9. The highest BCUT2D eigenvalue weighted by atomic mass is 16.7. The Morgan fingerprint density at radius 1 is 1.16 bits per heavy atom. The van der Waals surface area contributed by atoms with Crippen LogP contribution in [0.2, 0.25) is 0 Å². The smallest absolute Gasteiger partial charge is 0.258 e. The molecule has 2 aromatic rings. The molecule has 1 aromatic carbocycles. The van der Waals surface area contributed by atoms with Gasteiger partial charge in [0.2, 0.25) is 24.6 Å². The molecule has 2 amide bonds. The van der Waals surface area contributed by atoms with Gasteiger partial charge in [-0.05, 0) is 30.4 Å². The molecule has 10 heteroatoms. The molecule has 0 saturated carbocycles. The minimum atomic E-state index is -0.950. The molecule has 0 aliphatic carbocycles. The number of nitrogens with one attached hydrogen (secondary N) is 3. The normalized spacial score (nSPS) is 24.0. The number of ether oxygens (including phenoxy) is 2. The topological polar surface area (TPSA) is 126 Å². The Labute approximate surface area is 184 Å². The fourth-order valence-electron chi connectivity index (χ4n) is 4.77. The van der Waals surface area contributed by atoms with Crippen LogP contribution in [0.25, 0.3) is 0 Å². The van der Waals surface area contributed by atoms with Crippen LogP contribution in [-0.4, -0.2) is 41.7 Å². The van der Waals surface area contributed by atoms with Crippen molar-refractivity contribution in [2.45, 2.75) is 32.6 Å². The number of H-pyrrole nitrogens is 1. The van der Waals surface area contributed by atoms with Crippen molar-refractivity contribution in [3.63, 3.8) is 0 Å². The van der Waals surface area contributed by atoms with Crippen LogP contribution in [0.3, 0.4) is 0 Å². The van der Waals surface area contributed by atoms with Gasteiger partial charge in [-0.2, -0.15) is 4.98 Å². The van der Waals surface area contributed by atoms with Gasteiger partial charge in [0.1, 0.15) is 5.82 Å². The highest BCUT2D eigenvalue weighted by molar-refractivity contribution is 6.04. The SMILES string of the molecule is CC1CC(C)CN(c2nc3c(c(=O)[nH]2)C(C(=O)Nc2ccc4c(c2)OCO4)CC(=O)N3)C1. The van der Waals surface area contributed by atoms with E-state index >= 15 is 0 Å². The zero-order chi connectivity index (χ0) is 22.4. The molecule has 1 aromatic heterocycles. The summed E-state index contributed by atoms with van der Waals surface area (Å²) in [5.41, 5.74) is 0.246. The average Bonchev–Trinajstić information content (AvgIpc) is 3.20. The van der Waals surface area contributed by atoms with Crippen LogP contribution in [0.4, 0.5) is 17.5 Å². The van der Waals surface area contributed by atoms with Gasteiger partial charge in [-0.1, -0.05) is 13.8 Å². The quantitative estimate of drug-likeness (QED) is 0.668. The van der Waals surface area contributed by atoms with E-state index in [1.54, 1.807) is 18.2 Å².